The first-order chi connectivity index (χ1) is 24.6. The molecule has 4 unspecified atom stereocenters. The van der Waals surface area contributed by atoms with E-state index in [1.54, 1.807) is 18.2 Å². The van der Waals surface area contributed by atoms with Crippen LogP contribution < -0.4 is 24.4 Å². The molecule has 3 heterocycles. The van der Waals surface area contributed by atoms with Gasteiger partial charge in [-0.1, -0.05) is 57.2 Å². The highest BCUT2D eigenvalue weighted by Gasteiger charge is 2.49. The van der Waals surface area contributed by atoms with Gasteiger partial charge in [0.05, 0.1) is 23.1 Å². The fourth-order valence-corrected chi connectivity index (χ4v) is 7.19. The standard InChI is InChI=1S/C35H32ClNO11.C3H8/c1-7-11-44-29-19-17(13-16-20(29)34(40)37(3)35(43-6)25(16)39)26(41-4)31-22-21(19)30(45-12-8-2)23-24(38)15-9-10-18(36)28(42-5)27(15)48-33(23)32(22)47-14-46-31;1-3-2/h7-10,13,25-26,31,35,39H,1-2,11-12,14H2,3-6H3;3H2,1-2H3. The number of rotatable bonds is 9. The van der Waals surface area contributed by atoms with Crippen LogP contribution in [0.2, 0.25) is 5.02 Å². The van der Waals surface area contributed by atoms with Gasteiger partial charge < -0.3 is 47.6 Å². The number of amides is 1. The SMILES string of the molecule is C=CCOc1c2c(cc3c1-c1c4c(c5oc6c(OC)c(Cl)ccc6c(=O)c5c1OCC=C)OCOC4C3OC)C(O)C(OC)N(C)C2=O.CCC. The number of carbonyl (C=O) groups excluding carboxylic acids is 1. The van der Waals surface area contributed by atoms with Crippen molar-refractivity contribution in [3.63, 3.8) is 0 Å². The Morgan fingerprint density at radius 3 is 2.27 bits per heavy atom. The summed E-state index contributed by atoms with van der Waals surface area (Å²) < 4.78 is 48.6. The summed E-state index contributed by atoms with van der Waals surface area (Å²) in [5.74, 6) is 0.190. The van der Waals surface area contributed by atoms with E-state index < -0.39 is 35.9 Å². The number of carbonyl (C=O) groups is 1. The van der Waals surface area contributed by atoms with E-state index in [0.717, 1.165) is 0 Å². The van der Waals surface area contributed by atoms with Crippen LogP contribution in [0.5, 0.6) is 23.0 Å². The molecule has 1 aliphatic carbocycles. The Kier molecular flexibility index (Phi) is 10.3. The largest absolute Gasteiger partial charge is 0.491 e. The van der Waals surface area contributed by atoms with Gasteiger partial charge in [-0.25, -0.2) is 0 Å². The quantitative estimate of drug-likeness (QED) is 0.141. The molecular formula is C38H40ClNO11. The number of hydrogen-bond donors (Lipinski definition) is 1. The number of hydrogen-bond acceptors (Lipinski definition) is 11. The number of aliphatic hydroxyl groups is 1. The molecule has 0 spiro atoms. The van der Waals surface area contributed by atoms with E-state index in [-0.39, 0.29) is 81.1 Å². The number of halogens is 1. The molecule has 1 aromatic heterocycles. The van der Waals surface area contributed by atoms with Crippen LogP contribution in [0.4, 0.5) is 0 Å². The molecule has 13 heteroatoms. The zero-order valence-corrected chi connectivity index (χ0v) is 30.0. The maximum atomic E-state index is 14.5. The van der Waals surface area contributed by atoms with Gasteiger partial charge in [0.25, 0.3) is 5.91 Å². The summed E-state index contributed by atoms with van der Waals surface area (Å²) >= 11 is 6.42. The maximum Gasteiger partial charge on any atom is 0.259 e. The molecule has 1 amide bonds. The molecule has 270 valence electrons. The Morgan fingerprint density at radius 2 is 1.65 bits per heavy atom. The van der Waals surface area contributed by atoms with Gasteiger partial charge in [-0.15, -0.1) is 0 Å². The van der Waals surface area contributed by atoms with Crippen LogP contribution in [0.1, 0.15) is 65.6 Å². The third-order valence-corrected chi connectivity index (χ3v) is 9.24. The number of methoxy groups -OCH3 is 3. The van der Waals surface area contributed by atoms with Crippen molar-refractivity contribution in [2.45, 2.75) is 44.8 Å². The molecule has 0 saturated carbocycles. The third-order valence-electron chi connectivity index (χ3n) is 8.95. The normalized spacial score (nSPS) is 20.0. The van der Waals surface area contributed by atoms with Crippen LogP contribution in [0, 0.1) is 0 Å². The Balaban J connectivity index is 0.00000144. The number of aliphatic hydroxyl groups excluding tert-OH is 1. The predicted octanol–water partition coefficient (Wildman–Crippen LogP) is 7.02. The van der Waals surface area contributed by atoms with Crippen LogP contribution >= 0.6 is 11.6 Å². The van der Waals surface area contributed by atoms with Crippen LogP contribution in [-0.4, -0.2) is 70.5 Å². The molecule has 2 aliphatic heterocycles. The van der Waals surface area contributed by atoms with E-state index in [9.17, 15) is 14.7 Å². The highest BCUT2D eigenvalue weighted by molar-refractivity contribution is 6.33. The second kappa shape index (κ2) is 14.6. The van der Waals surface area contributed by atoms with Gasteiger partial charge in [-0.05, 0) is 23.8 Å². The first kappa shape index (κ1) is 36.2. The summed E-state index contributed by atoms with van der Waals surface area (Å²) in [6, 6.07) is 4.79. The van der Waals surface area contributed by atoms with Crippen molar-refractivity contribution in [1.82, 2.24) is 4.90 Å². The topological polar surface area (TPSA) is 135 Å². The molecule has 12 nitrogen and oxygen atoms in total. The fourth-order valence-electron chi connectivity index (χ4n) is 6.97. The van der Waals surface area contributed by atoms with Crippen molar-refractivity contribution in [2.75, 3.05) is 48.4 Å². The van der Waals surface area contributed by atoms with Gasteiger partial charge in [0.15, 0.2) is 35.7 Å². The summed E-state index contributed by atoms with van der Waals surface area (Å²) in [5, 5.41) is 12.0. The molecule has 3 aromatic carbocycles. The van der Waals surface area contributed by atoms with Crippen molar-refractivity contribution in [3.05, 3.63) is 81.0 Å². The molecule has 0 bridgehead atoms. The number of fused-ring (bicyclic) bond motifs is 6. The average molecular weight is 722 g/mol. The third kappa shape index (κ3) is 5.53. The van der Waals surface area contributed by atoms with E-state index in [0.29, 0.717) is 22.3 Å². The average Bonchev–Trinajstić information content (AvgIpc) is 3.12. The van der Waals surface area contributed by atoms with Gasteiger partial charge in [0, 0.05) is 43.5 Å². The highest BCUT2D eigenvalue weighted by Crippen LogP contribution is 2.62. The number of nitrogens with zero attached hydrogens (tertiary/aromatic N) is 1. The van der Waals surface area contributed by atoms with Crippen LogP contribution in [0.15, 0.2) is 52.7 Å². The van der Waals surface area contributed by atoms with Crippen LogP contribution in [0.3, 0.4) is 0 Å². The summed E-state index contributed by atoms with van der Waals surface area (Å²) in [4.78, 5) is 29.8. The fraction of sp³-hybridized carbons (Fsp3) is 0.368. The van der Waals surface area contributed by atoms with Crippen molar-refractivity contribution in [3.8, 4) is 34.1 Å². The van der Waals surface area contributed by atoms with Crippen molar-refractivity contribution in [1.29, 1.82) is 0 Å². The molecule has 3 aliphatic rings. The lowest BCUT2D eigenvalue weighted by Crippen LogP contribution is -2.47. The van der Waals surface area contributed by atoms with Gasteiger partial charge in [0.2, 0.25) is 5.43 Å². The first-order valence-electron chi connectivity index (χ1n) is 16.4. The number of benzene rings is 3. The predicted molar refractivity (Wildman–Crippen MR) is 191 cm³/mol. The van der Waals surface area contributed by atoms with Crippen molar-refractivity contribution >= 4 is 39.4 Å². The zero-order valence-electron chi connectivity index (χ0n) is 29.3. The molecule has 4 atom stereocenters. The van der Waals surface area contributed by atoms with Gasteiger partial charge in [-0.3, -0.25) is 9.59 Å². The molecule has 7 rings (SSSR count). The second-order valence-electron chi connectivity index (χ2n) is 12.1. The smallest absolute Gasteiger partial charge is 0.259 e. The lowest BCUT2D eigenvalue weighted by molar-refractivity contribution is -0.121. The summed E-state index contributed by atoms with van der Waals surface area (Å²) in [6.07, 6.45) is 0.529. The molecule has 0 saturated heterocycles. The summed E-state index contributed by atoms with van der Waals surface area (Å²) in [7, 11) is 5.89. The van der Waals surface area contributed by atoms with E-state index in [1.165, 1.54) is 51.8 Å². The Morgan fingerprint density at radius 1 is 0.961 bits per heavy atom. The van der Waals surface area contributed by atoms with Crippen LogP contribution in [0.25, 0.3) is 33.1 Å². The van der Waals surface area contributed by atoms with E-state index in [1.807, 2.05) is 0 Å². The monoisotopic (exact) mass is 721 g/mol. The van der Waals surface area contributed by atoms with Crippen molar-refractivity contribution < 1.29 is 47.5 Å². The van der Waals surface area contributed by atoms with Crippen LogP contribution in [-0.2, 0) is 14.2 Å². The first-order valence-corrected chi connectivity index (χ1v) is 16.8. The molecule has 0 fully saturated rings. The van der Waals surface area contributed by atoms with E-state index in [2.05, 4.69) is 27.0 Å². The molecule has 1 N–H and O–H groups in total. The summed E-state index contributed by atoms with van der Waals surface area (Å²) in [5.41, 5.74) is 1.89. The van der Waals surface area contributed by atoms with Gasteiger partial charge in [-0.2, -0.15) is 0 Å². The molecular weight excluding hydrogens is 682 g/mol. The number of ether oxygens (including phenoxy) is 7. The van der Waals surface area contributed by atoms with E-state index >= 15 is 0 Å². The van der Waals surface area contributed by atoms with Crippen molar-refractivity contribution in [2.24, 2.45) is 0 Å². The Labute approximate surface area is 299 Å². The molecule has 0 radical (unpaired) electrons. The van der Waals surface area contributed by atoms with Gasteiger partial charge >= 0.3 is 0 Å². The second-order valence-corrected chi connectivity index (χ2v) is 12.5. The Bertz CT molecular complexity index is 2110. The van der Waals surface area contributed by atoms with Gasteiger partial charge in [0.1, 0.15) is 48.4 Å². The number of likely N-dealkylation sites (N-methyl/N-ethyl adjacent to an activating group) is 1. The zero-order chi connectivity index (χ0) is 36.7. The minimum Gasteiger partial charge on any atom is -0.491 e. The highest BCUT2D eigenvalue weighted by atomic mass is 35.5. The Hall–Kier alpha value is -4.59. The van der Waals surface area contributed by atoms with E-state index in [4.69, 9.17) is 49.2 Å². The minimum atomic E-state index is -1.23. The summed E-state index contributed by atoms with van der Waals surface area (Å²) in [6.45, 7) is 11.7. The molecule has 51 heavy (non-hydrogen) atoms. The maximum absolute atomic E-state index is 14.5. The minimum absolute atomic E-state index is 0.00140. The lowest BCUT2D eigenvalue weighted by Gasteiger charge is -2.42. The molecule has 4 aromatic rings. The lowest BCUT2D eigenvalue weighted by atomic mass is 9.76.